The summed E-state index contributed by atoms with van der Waals surface area (Å²) in [5.41, 5.74) is 3.99. The average Bonchev–Trinajstić information content (AvgIpc) is 3.12. The molecule has 0 amide bonds. The molecule has 0 aliphatic carbocycles. The topological polar surface area (TPSA) is 65.7 Å². The molecule has 0 saturated heterocycles. The van der Waals surface area contributed by atoms with Crippen molar-refractivity contribution in [2.75, 3.05) is 7.11 Å². The first-order valence-corrected chi connectivity index (χ1v) is 8.67. The van der Waals surface area contributed by atoms with Crippen LogP contribution in [0.1, 0.15) is 6.92 Å². The molecule has 0 saturated carbocycles. The Morgan fingerprint density at radius 2 is 1.93 bits per heavy atom. The van der Waals surface area contributed by atoms with Crippen LogP contribution in [0.5, 0.6) is 5.75 Å². The summed E-state index contributed by atoms with van der Waals surface area (Å²) in [6, 6.07) is 7.91. The molecule has 136 valence electrons. The van der Waals surface area contributed by atoms with E-state index in [9.17, 15) is 4.39 Å². The summed E-state index contributed by atoms with van der Waals surface area (Å²) < 4.78 is 20.4. The molecule has 1 aromatic carbocycles. The summed E-state index contributed by atoms with van der Waals surface area (Å²) in [7, 11) is 1.52. The number of pyridine rings is 1. The van der Waals surface area contributed by atoms with Gasteiger partial charge in [-0.3, -0.25) is 4.68 Å². The molecule has 0 N–H and O–H groups in total. The van der Waals surface area contributed by atoms with Crippen molar-refractivity contribution in [3.63, 3.8) is 0 Å². The maximum atomic E-state index is 13.3. The lowest BCUT2D eigenvalue weighted by atomic mass is 10.0. The summed E-state index contributed by atoms with van der Waals surface area (Å²) in [6.45, 7) is 2.67. The molecule has 0 aliphatic heterocycles. The fraction of sp³-hybridized carbons (Fsp3) is 0.158. The molecule has 4 rings (SSSR count). The SMILES string of the molecule is CCn1cc(-c2ncnc3cc(OC)c(Cl)nc23)c(-c2ccc(F)cc2)n1. The Labute approximate surface area is 159 Å². The lowest BCUT2D eigenvalue weighted by molar-refractivity contribution is 0.414. The molecule has 0 bridgehead atoms. The summed E-state index contributed by atoms with van der Waals surface area (Å²) in [5.74, 6) is 0.139. The van der Waals surface area contributed by atoms with Crippen LogP contribution in [0.4, 0.5) is 4.39 Å². The van der Waals surface area contributed by atoms with Gasteiger partial charge in [0.15, 0.2) is 10.9 Å². The van der Waals surface area contributed by atoms with E-state index in [-0.39, 0.29) is 11.0 Å². The molecule has 3 heterocycles. The lowest BCUT2D eigenvalue weighted by Crippen LogP contribution is -1.95. The molecule has 0 radical (unpaired) electrons. The van der Waals surface area contributed by atoms with Crippen molar-refractivity contribution in [1.82, 2.24) is 24.7 Å². The third-order valence-electron chi connectivity index (χ3n) is 4.21. The van der Waals surface area contributed by atoms with Crippen molar-refractivity contribution < 1.29 is 9.13 Å². The number of hydrogen-bond acceptors (Lipinski definition) is 5. The largest absolute Gasteiger partial charge is 0.493 e. The molecular formula is C19H15ClFN5O. The van der Waals surface area contributed by atoms with E-state index in [0.29, 0.717) is 34.7 Å². The van der Waals surface area contributed by atoms with Gasteiger partial charge >= 0.3 is 0 Å². The standard InChI is InChI=1S/C19H15ClFN5O/c1-3-26-9-13(16(25-26)11-4-6-12(21)7-5-11)17-18-14(22-10-23-17)8-15(27-2)19(20)24-18/h4-10H,3H2,1-2H3. The number of halogens is 2. The minimum atomic E-state index is -0.303. The van der Waals surface area contributed by atoms with Crippen LogP contribution in [-0.2, 0) is 6.54 Å². The van der Waals surface area contributed by atoms with Gasteiger partial charge in [-0.05, 0) is 31.2 Å². The van der Waals surface area contributed by atoms with Crippen LogP contribution in [-0.4, -0.2) is 31.8 Å². The van der Waals surface area contributed by atoms with Crippen molar-refractivity contribution in [3.05, 3.63) is 53.8 Å². The maximum absolute atomic E-state index is 13.3. The molecule has 4 aromatic rings. The Bertz CT molecular complexity index is 1130. The Hall–Kier alpha value is -3.06. The molecule has 0 spiro atoms. The van der Waals surface area contributed by atoms with Gasteiger partial charge in [0.25, 0.3) is 0 Å². The Balaban J connectivity index is 1.97. The smallest absolute Gasteiger partial charge is 0.171 e. The van der Waals surface area contributed by atoms with E-state index in [1.54, 1.807) is 22.9 Å². The van der Waals surface area contributed by atoms with E-state index >= 15 is 0 Å². The molecular weight excluding hydrogens is 369 g/mol. The van der Waals surface area contributed by atoms with E-state index in [4.69, 9.17) is 16.3 Å². The monoisotopic (exact) mass is 383 g/mol. The molecule has 3 aromatic heterocycles. The number of aromatic nitrogens is 5. The zero-order chi connectivity index (χ0) is 19.0. The highest BCUT2D eigenvalue weighted by Crippen LogP contribution is 2.35. The number of aryl methyl sites for hydroxylation is 1. The predicted octanol–water partition coefficient (Wildman–Crippen LogP) is 4.38. The van der Waals surface area contributed by atoms with E-state index in [2.05, 4.69) is 20.1 Å². The summed E-state index contributed by atoms with van der Waals surface area (Å²) in [5, 5.41) is 4.85. The van der Waals surface area contributed by atoms with Gasteiger partial charge in [0.1, 0.15) is 29.0 Å². The first kappa shape index (κ1) is 17.4. The summed E-state index contributed by atoms with van der Waals surface area (Å²) in [6.07, 6.45) is 3.35. The summed E-state index contributed by atoms with van der Waals surface area (Å²) >= 11 is 6.22. The van der Waals surface area contributed by atoms with Gasteiger partial charge in [-0.25, -0.2) is 19.3 Å². The zero-order valence-electron chi connectivity index (χ0n) is 14.6. The number of ether oxygens (including phenoxy) is 1. The minimum absolute atomic E-state index is 0.229. The van der Waals surface area contributed by atoms with E-state index in [0.717, 1.165) is 11.1 Å². The fourth-order valence-corrected chi connectivity index (χ4v) is 3.08. The van der Waals surface area contributed by atoms with Gasteiger partial charge in [-0.15, -0.1) is 0 Å². The van der Waals surface area contributed by atoms with Gasteiger partial charge < -0.3 is 4.74 Å². The van der Waals surface area contributed by atoms with Crippen LogP contribution in [0, 0.1) is 5.82 Å². The molecule has 0 unspecified atom stereocenters. The zero-order valence-corrected chi connectivity index (χ0v) is 15.4. The van der Waals surface area contributed by atoms with E-state index in [1.807, 2.05) is 13.1 Å². The molecule has 8 heteroatoms. The first-order chi connectivity index (χ1) is 13.1. The Morgan fingerprint density at radius 3 is 2.63 bits per heavy atom. The normalized spacial score (nSPS) is 11.1. The third-order valence-corrected chi connectivity index (χ3v) is 4.48. The predicted molar refractivity (Wildman–Crippen MR) is 101 cm³/mol. The maximum Gasteiger partial charge on any atom is 0.171 e. The lowest BCUT2D eigenvalue weighted by Gasteiger charge is -2.08. The second-order valence-corrected chi connectivity index (χ2v) is 6.18. The molecule has 6 nitrogen and oxygen atoms in total. The molecule has 27 heavy (non-hydrogen) atoms. The number of benzene rings is 1. The van der Waals surface area contributed by atoms with Crippen LogP contribution in [0.15, 0.2) is 42.9 Å². The second-order valence-electron chi connectivity index (χ2n) is 5.83. The third kappa shape index (κ3) is 3.10. The molecule has 0 atom stereocenters. The van der Waals surface area contributed by atoms with E-state index in [1.165, 1.54) is 25.6 Å². The quantitative estimate of drug-likeness (QED) is 0.489. The Morgan fingerprint density at radius 1 is 1.15 bits per heavy atom. The molecule has 0 aliphatic rings. The van der Waals surface area contributed by atoms with Crippen molar-refractivity contribution in [3.8, 4) is 28.3 Å². The van der Waals surface area contributed by atoms with Gasteiger partial charge in [-0.2, -0.15) is 5.10 Å². The van der Waals surface area contributed by atoms with Gasteiger partial charge in [0, 0.05) is 29.9 Å². The van der Waals surface area contributed by atoms with Crippen LogP contribution >= 0.6 is 11.6 Å². The number of nitrogens with zero attached hydrogens (tertiary/aromatic N) is 5. The highest BCUT2D eigenvalue weighted by Gasteiger charge is 2.19. The average molecular weight is 384 g/mol. The number of rotatable bonds is 4. The van der Waals surface area contributed by atoms with Crippen molar-refractivity contribution in [2.45, 2.75) is 13.5 Å². The summed E-state index contributed by atoms with van der Waals surface area (Å²) in [4.78, 5) is 13.1. The van der Waals surface area contributed by atoms with Gasteiger partial charge in [0.05, 0.1) is 12.6 Å². The number of fused-ring (bicyclic) bond motifs is 1. The van der Waals surface area contributed by atoms with Crippen molar-refractivity contribution >= 4 is 22.6 Å². The number of methoxy groups -OCH3 is 1. The number of hydrogen-bond donors (Lipinski definition) is 0. The van der Waals surface area contributed by atoms with Gasteiger partial charge in [-0.1, -0.05) is 11.6 Å². The molecule has 0 fully saturated rings. The van der Waals surface area contributed by atoms with Crippen LogP contribution in [0.25, 0.3) is 33.5 Å². The minimum Gasteiger partial charge on any atom is -0.493 e. The van der Waals surface area contributed by atoms with Crippen molar-refractivity contribution in [2.24, 2.45) is 0 Å². The van der Waals surface area contributed by atoms with E-state index < -0.39 is 0 Å². The highest BCUT2D eigenvalue weighted by molar-refractivity contribution is 6.31. The van der Waals surface area contributed by atoms with Gasteiger partial charge in [0.2, 0.25) is 0 Å². The van der Waals surface area contributed by atoms with Crippen LogP contribution < -0.4 is 4.74 Å². The van der Waals surface area contributed by atoms with Crippen molar-refractivity contribution in [1.29, 1.82) is 0 Å². The van der Waals surface area contributed by atoms with Crippen LogP contribution in [0.2, 0.25) is 5.15 Å². The highest BCUT2D eigenvalue weighted by atomic mass is 35.5. The van der Waals surface area contributed by atoms with Crippen LogP contribution in [0.3, 0.4) is 0 Å². The fourth-order valence-electron chi connectivity index (χ4n) is 2.86. The Kier molecular flexibility index (Phi) is 4.45. The second kappa shape index (κ2) is 6.92. The first-order valence-electron chi connectivity index (χ1n) is 8.29.